The number of hydrogen-bond acceptors (Lipinski definition) is 4. The van der Waals surface area contributed by atoms with Crippen molar-refractivity contribution in [3.8, 4) is 0 Å². The van der Waals surface area contributed by atoms with Gasteiger partial charge in [0, 0.05) is 0 Å². The van der Waals surface area contributed by atoms with Crippen LogP contribution in [0.5, 0.6) is 0 Å². The molecule has 0 saturated heterocycles. The minimum Gasteiger partial charge on any atom is -0.481 e. The molecule has 0 saturated carbocycles. The summed E-state index contributed by atoms with van der Waals surface area (Å²) in [5.74, 6) is 0.00448. The Morgan fingerprint density at radius 1 is 0.404 bits per heavy atom. The highest BCUT2D eigenvalue weighted by atomic mass is 16.4. The molecule has 0 aliphatic rings. The van der Waals surface area contributed by atoms with E-state index in [1.54, 1.807) is 0 Å². The zero-order valence-corrected chi connectivity index (χ0v) is 39.3. The van der Waals surface area contributed by atoms with Crippen LogP contribution < -0.4 is 0 Å². The maximum absolute atomic E-state index is 12.0. The maximum atomic E-state index is 12.0. The first-order valence-electron chi connectivity index (χ1n) is 25.5. The lowest BCUT2D eigenvalue weighted by Crippen LogP contribution is -2.30. The molecule has 0 aliphatic heterocycles. The molecule has 4 atom stereocenters. The van der Waals surface area contributed by atoms with Crippen LogP contribution in [0.15, 0.2) is 0 Å². The van der Waals surface area contributed by atoms with Crippen LogP contribution in [0.2, 0.25) is 0 Å². The normalized spacial score (nSPS) is 15.1. The van der Waals surface area contributed by atoms with Crippen molar-refractivity contribution in [2.75, 3.05) is 19.6 Å². The molecule has 0 aliphatic carbocycles. The molecule has 3 N–H and O–H groups in total. The van der Waals surface area contributed by atoms with E-state index in [4.69, 9.17) is 0 Å². The Bertz CT molecular complexity index is 833. The molecule has 0 amide bonds. The van der Waals surface area contributed by atoms with E-state index in [-0.39, 0.29) is 11.8 Å². The predicted molar refractivity (Wildman–Crippen MR) is 246 cm³/mol. The van der Waals surface area contributed by atoms with Crippen molar-refractivity contribution in [1.29, 1.82) is 0 Å². The second-order valence-corrected chi connectivity index (χ2v) is 18.6. The minimum atomic E-state index is -0.631. The van der Waals surface area contributed by atoms with Crippen LogP contribution in [0.1, 0.15) is 266 Å². The number of hydrogen-bond donors (Lipinski definition) is 3. The van der Waals surface area contributed by atoms with Crippen LogP contribution in [0.25, 0.3) is 0 Å². The Hall–Kier alpha value is -1.14. The second kappa shape index (κ2) is 39.0. The Kier molecular flexibility index (Phi) is 38.2. The van der Waals surface area contributed by atoms with E-state index >= 15 is 0 Å². The zero-order valence-electron chi connectivity index (χ0n) is 39.3. The number of aliphatic carboxylic acids is 2. The highest BCUT2D eigenvalue weighted by Gasteiger charge is 2.26. The van der Waals surface area contributed by atoms with E-state index < -0.39 is 17.5 Å². The van der Waals surface area contributed by atoms with Gasteiger partial charge in [0.15, 0.2) is 0 Å². The summed E-state index contributed by atoms with van der Waals surface area (Å²) in [5.41, 5.74) is -0.631. The first kappa shape index (κ1) is 55.9. The largest absolute Gasteiger partial charge is 0.481 e. The second-order valence-electron chi connectivity index (χ2n) is 18.6. The predicted octanol–water partition coefficient (Wildman–Crippen LogP) is 15.4. The average molecular weight is 808 g/mol. The molecule has 0 radical (unpaired) electrons. The van der Waals surface area contributed by atoms with Crippen molar-refractivity contribution < 1.29 is 24.9 Å². The monoisotopic (exact) mass is 808 g/mol. The van der Waals surface area contributed by atoms with Gasteiger partial charge in [0.1, 0.15) is 0 Å². The molecular formula is C51H101NO5. The zero-order chi connectivity index (χ0) is 42.4. The van der Waals surface area contributed by atoms with Crippen LogP contribution in [-0.2, 0) is 9.59 Å². The summed E-state index contributed by atoms with van der Waals surface area (Å²) >= 11 is 0. The summed E-state index contributed by atoms with van der Waals surface area (Å²) in [7, 11) is 0. The van der Waals surface area contributed by atoms with Crippen LogP contribution in [0, 0.1) is 23.7 Å². The molecule has 57 heavy (non-hydrogen) atoms. The Morgan fingerprint density at radius 3 is 1.05 bits per heavy atom. The summed E-state index contributed by atoms with van der Waals surface area (Å²) < 4.78 is 0. The maximum Gasteiger partial charge on any atom is 0.306 e. The van der Waals surface area contributed by atoms with Gasteiger partial charge in [0.05, 0.1) is 17.4 Å². The van der Waals surface area contributed by atoms with Crippen molar-refractivity contribution in [3.05, 3.63) is 0 Å². The Morgan fingerprint density at radius 2 is 0.719 bits per heavy atom. The molecule has 6 heteroatoms. The topological polar surface area (TPSA) is 98.1 Å². The third-order valence-electron chi connectivity index (χ3n) is 13.5. The third kappa shape index (κ3) is 32.3. The molecule has 0 aromatic carbocycles. The quantitative estimate of drug-likeness (QED) is 0.0530. The van der Waals surface area contributed by atoms with E-state index in [0.29, 0.717) is 0 Å². The van der Waals surface area contributed by atoms with Gasteiger partial charge in [0.25, 0.3) is 0 Å². The first-order chi connectivity index (χ1) is 27.6. The third-order valence-corrected chi connectivity index (χ3v) is 13.5. The highest BCUT2D eigenvalue weighted by Crippen LogP contribution is 2.30. The first-order valence-corrected chi connectivity index (χ1v) is 25.5. The number of carboxylic acid groups (broad SMARTS) is 2. The number of unbranched alkanes of at least 4 members (excludes halogenated alkanes) is 13. The number of carbonyl (C=O) groups is 2. The molecule has 0 fully saturated rings. The standard InChI is InChI=1S/C51H101NO5/c1-7-13-31-45(11-5)33-21-19-25-37-47(49(53)54)35-23-15-17-27-39-51(57,41-29-30-44-52(42-9-3)43-10-4)40-28-18-16-24-36-48(50(55)56)38-26-20-22-34-46(12-6)32-14-8-2/h45-48,57H,7-44H2,1-6H3,(H,53,54)(H,55,56). The van der Waals surface area contributed by atoms with Crippen LogP contribution in [0.3, 0.4) is 0 Å². The molecule has 0 aromatic heterocycles. The van der Waals surface area contributed by atoms with E-state index in [1.165, 1.54) is 89.9 Å². The van der Waals surface area contributed by atoms with Gasteiger partial charge in [-0.05, 0) is 102 Å². The van der Waals surface area contributed by atoms with Crippen LogP contribution in [-0.4, -0.2) is 57.4 Å². The van der Waals surface area contributed by atoms with Crippen molar-refractivity contribution in [2.45, 2.75) is 272 Å². The smallest absolute Gasteiger partial charge is 0.306 e. The van der Waals surface area contributed by atoms with Gasteiger partial charge < -0.3 is 20.2 Å². The summed E-state index contributed by atoms with van der Waals surface area (Å²) in [6, 6.07) is 0. The lowest BCUT2D eigenvalue weighted by molar-refractivity contribution is -0.143. The van der Waals surface area contributed by atoms with Gasteiger partial charge in [-0.2, -0.15) is 0 Å². The summed E-state index contributed by atoms with van der Waals surface area (Å²) in [6.45, 7) is 17.1. The molecular weight excluding hydrogens is 707 g/mol. The molecule has 0 spiro atoms. The highest BCUT2D eigenvalue weighted by molar-refractivity contribution is 5.70. The van der Waals surface area contributed by atoms with Gasteiger partial charge in [-0.3, -0.25) is 9.59 Å². The van der Waals surface area contributed by atoms with Crippen LogP contribution >= 0.6 is 0 Å². The summed E-state index contributed by atoms with van der Waals surface area (Å²) in [6.07, 6.45) is 38.2. The molecule has 0 aromatic rings. The van der Waals surface area contributed by atoms with Crippen molar-refractivity contribution in [3.63, 3.8) is 0 Å². The van der Waals surface area contributed by atoms with Crippen LogP contribution in [0.4, 0.5) is 0 Å². The molecule has 4 unspecified atom stereocenters. The molecule has 340 valence electrons. The molecule has 0 rings (SSSR count). The number of carboxylic acids is 2. The van der Waals surface area contributed by atoms with E-state index in [2.05, 4.69) is 46.4 Å². The van der Waals surface area contributed by atoms with Gasteiger partial charge in [0.2, 0.25) is 0 Å². The molecule has 0 heterocycles. The SMILES string of the molecule is CCCCC(CC)CCCCCC(CCCCCCC(O)(CCCCCCC(CCCCCC(CC)CCCC)C(=O)O)CCCCN(CCC)CCC)C(=O)O. The fourth-order valence-corrected chi connectivity index (χ4v) is 9.40. The van der Waals surface area contributed by atoms with E-state index in [1.807, 2.05) is 0 Å². The van der Waals surface area contributed by atoms with Gasteiger partial charge in [-0.15, -0.1) is 0 Å². The van der Waals surface area contributed by atoms with Gasteiger partial charge in [-0.1, -0.05) is 196 Å². The molecule has 6 nitrogen and oxygen atoms in total. The number of rotatable bonds is 45. The lowest BCUT2D eigenvalue weighted by Gasteiger charge is -2.29. The van der Waals surface area contributed by atoms with Gasteiger partial charge >= 0.3 is 11.9 Å². The summed E-state index contributed by atoms with van der Waals surface area (Å²) in [5, 5.41) is 31.7. The molecule has 0 bridgehead atoms. The van der Waals surface area contributed by atoms with Crippen molar-refractivity contribution in [2.24, 2.45) is 23.7 Å². The number of aliphatic hydroxyl groups is 1. The lowest BCUT2D eigenvalue weighted by atomic mass is 9.85. The van der Waals surface area contributed by atoms with Gasteiger partial charge in [-0.25, -0.2) is 0 Å². The fraction of sp³-hybridized carbons (Fsp3) is 0.961. The fourth-order valence-electron chi connectivity index (χ4n) is 9.40. The average Bonchev–Trinajstić information content (AvgIpc) is 3.19. The van der Waals surface area contributed by atoms with E-state index in [9.17, 15) is 24.9 Å². The minimum absolute atomic E-state index is 0.214. The van der Waals surface area contributed by atoms with Crippen molar-refractivity contribution >= 4 is 11.9 Å². The van der Waals surface area contributed by atoms with E-state index in [0.717, 1.165) is 166 Å². The Balaban J connectivity index is 4.74. The van der Waals surface area contributed by atoms with Crippen molar-refractivity contribution in [1.82, 2.24) is 4.90 Å². The summed E-state index contributed by atoms with van der Waals surface area (Å²) in [4.78, 5) is 26.6. The Labute approximate surface area is 355 Å². The number of nitrogens with zero attached hydrogens (tertiary/aromatic N) is 1.